The smallest absolute Gasteiger partial charge is 0.109 e. The second kappa shape index (κ2) is 4.50. The molecule has 0 spiro atoms. The number of aromatic nitrogens is 3. The second-order valence-corrected chi connectivity index (χ2v) is 1.65. The number of hydrogen-bond donors (Lipinski definition) is 0. The van der Waals surface area contributed by atoms with E-state index in [1.807, 2.05) is 0 Å². The Balaban J connectivity index is 0.000000640. The Labute approximate surface area is 87.1 Å². The molecule has 0 saturated heterocycles. The minimum atomic E-state index is 0. The Kier molecular flexibility index (Phi) is 4.85. The third-order valence-corrected chi connectivity index (χ3v) is 0.807. The molecular formula is C3Cl2N3Y-. The largest absolute Gasteiger partial charge is 0.339 e. The molecule has 3 nitrogen and oxygen atoms in total. The van der Waals surface area contributed by atoms with Crippen LogP contribution in [-0.2, 0) is 32.7 Å². The van der Waals surface area contributed by atoms with Crippen LogP contribution >= 0.6 is 23.2 Å². The molecule has 0 amide bonds. The van der Waals surface area contributed by atoms with E-state index in [-0.39, 0.29) is 43.3 Å². The average molecular weight is 238 g/mol. The molecule has 0 aliphatic rings. The van der Waals surface area contributed by atoms with Crippen LogP contribution in [0.4, 0.5) is 0 Å². The zero-order valence-electron chi connectivity index (χ0n) is 4.17. The van der Waals surface area contributed by atoms with Crippen LogP contribution in [0.25, 0.3) is 0 Å². The Morgan fingerprint density at radius 3 is 1.78 bits per heavy atom. The Morgan fingerprint density at radius 1 is 1.11 bits per heavy atom. The van der Waals surface area contributed by atoms with Gasteiger partial charge in [-0.3, -0.25) is 0 Å². The predicted molar refractivity (Wildman–Crippen MR) is 28.7 cm³/mol. The maximum atomic E-state index is 5.27. The van der Waals surface area contributed by atoms with E-state index >= 15 is 0 Å². The molecule has 0 atom stereocenters. The van der Waals surface area contributed by atoms with Gasteiger partial charge < -0.3 is 15.0 Å². The monoisotopic (exact) mass is 237 g/mol. The Bertz CT molecular complexity index is 177. The number of nitrogens with zero attached hydrogens (tertiary/aromatic N) is 3. The summed E-state index contributed by atoms with van der Waals surface area (Å²) in [6.45, 7) is 0. The molecule has 0 saturated carbocycles. The van der Waals surface area contributed by atoms with Crippen molar-refractivity contribution < 1.29 is 32.7 Å². The van der Waals surface area contributed by atoms with Crippen molar-refractivity contribution in [3.63, 3.8) is 0 Å². The summed E-state index contributed by atoms with van der Waals surface area (Å²) in [5, 5.41) is 0.120. The minimum Gasteiger partial charge on any atom is -0.339 e. The summed E-state index contributed by atoms with van der Waals surface area (Å²) in [7, 11) is 0. The first-order chi connectivity index (χ1) is 3.79. The third-order valence-electron chi connectivity index (χ3n) is 0.469. The molecule has 0 aliphatic carbocycles. The van der Waals surface area contributed by atoms with E-state index in [4.69, 9.17) is 23.2 Å². The summed E-state index contributed by atoms with van der Waals surface area (Å²) in [6, 6.07) is 0. The fourth-order valence-electron chi connectivity index (χ4n) is 0.234. The van der Waals surface area contributed by atoms with E-state index in [1.165, 1.54) is 0 Å². The molecule has 0 fully saturated rings. The summed E-state index contributed by atoms with van der Waals surface area (Å²) < 4.78 is 0. The first kappa shape index (κ1) is 9.69. The van der Waals surface area contributed by atoms with Crippen molar-refractivity contribution in [2.75, 3.05) is 0 Å². The van der Waals surface area contributed by atoms with Gasteiger partial charge in [0.05, 0.1) is 0 Å². The average Bonchev–Trinajstić information content (AvgIpc) is 1.64. The van der Waals surface area contributed by atoms with Crippen LogP contribution in [0.1, 0.15) is 0 Å². The van der Waals surface area contributed by atoms with Crippen LogP contribution < -0.4 is 0 Å². The van der Waals surface area contributed by atoms with Gasteiger partial charge in [0.1, 0.15) is 10.6 Å². The molecule has 9 heavy (non-hydrogen) atoms. The SMILES string of the molecule is Clc1n[c-]nc(Cl)n1.[Y]. The van der Waals surface area contributed by atoms with E-state index in [0.29, 0.717) is 0 Å². The summed E-state index contributed by atoms with van der Waals surface area (Å²) in [6.07, 6.45) is 2.20. The van der Waals surface area contributed by atoms with Crippen molar-refractivity contribution in [3.05, 3.63) is 16.9 Å². The topological polar surface area (TPSA) is 38.7 Å². The molecule has 45 valence electrons. The molecule has 0 unspecified atom stereocenters. The van der Waals surface area contributed by atoms with Gasteiger partial charge in [-0.25, -0.2) is 0 Å². The van der Waals surface area contributed by atoms with Gasteiger partial charge in [0.25, 0.3) is 0 Å². The van der Waals surface area contributed by atoms with E-state index in [0.717, 1.165) is 0 Å². The third kappa shape index (κ3) is 3.41. The minimum absolute atomic E-state index is 0. The molecule has 1 aromatic rings. The van der Waals surface area contributed by atoms with Crippen LogP contribution in [0.5, 0.6) is 0 Å². The molecule has 0 aromatic carbocycles. The first-order valence-corrected chi connectivity index (χ1v) is 2.48. The Hall–Kier alpha value is 0.694. The van der Waals surface area contributed by atoms with Crippen molar-refractivity contribution in [1.29, 1.82) is 0 Å². The Morgan fingerprint density at radius 2 is 1.56 bits per heavy atom. The predicted octanol–water partition coefficient (Wildman–Crippen LogP) is 0.976. The maximum Gasteiger partial charge on any atom is 0.109 e. The van der Waals surface area contributed by atoms with E-state index in [9.17, 15) is 0 Å². The zero-order chi connectivity index (χ0) is 5.98. The summed E-state index contributed by atoms with van der Waals surface area (Å²) in [4.78, 5) is 10.2. The van der Waals surface area contributed by atoms with Crippen LogP contribution in [0, 0.1) is 6.33 Å². The molecule has 1 rings (SSSR count). The second-order valence-electron chi connectivity index (χ2n) is 0.973. The van der Waals surface area contributed by atoms with Gasteiger partial charge in [0.2, 0.25) is 0 Å². The number of rotatable bonds is 0. The van der Waals surface area contributed by atoms with E-state index in [2.05, 4.69) is 21.3 Å². The molecule has 1 radical (unpaired) electrons. The standard InChI is InChI=1S/C3Cl2N3.Y/c4-2-6-1-7-3(5)8-2;/q-1;. The van der Waals surface area contributed by atoms with Gasteiger partial charge in [-0.15, -0.1) is 23.2 Å². The molecule has 0 N–H and O–H groups in total. The molecule has 1 heterocycles. The van der Waals surface area contributed by atoms with Crippen molar-refractivity contribution in [3.8, 4) is 0 Å². The number of hydrogen-bond acceptors (Lipinski definition) is 3. The molecule has 0 bridgehead atoms. The van der Waals surface area contributed by atoms with Gasteiger partial charge in [-0.05, 0) is 0 Å². The van der Waals surface area contributed by atoms with Crippen LogP contribution in [0.15, 0.2) is 0 Å². The molecule has 1 aromatic heterocycles. The van der Waals surface area contributed by atoms with Gasteiger partial charge in [0, 0.05) is 39.0 Å². The fraction of sp³-hybridized carbons (Fsp3) is 0. The van der Waals surface area contributed by atoms with Gasteiger partial charge in [0.15, 0.2) is 0 Å². The van der Waals surface area contributed by atoms with Crippen LogP contribution in [-0.4, -0.2) is 15.0 Å². The van der Waals surface area contributed by atoms with Gasteiger partial charge in [-0.1, -0.05) is 0 Å². The molecule has 6 heteroatoms. The molecular weight excluding hydrogens is 238 g/mol. The van der Waals surface area contributed by atoms with Crippen molar-refractivity contribution in [2.45, 2.75) is 0 Å². The first-order valence-electron chi connectivity index (χ1n) is 1.72. The van der Waals surface area contributed by atoms with Gasteiger partial charge >= 0.3 is 0 Å². The van der Waals surface area contributed by atoms with Crippen molar-refractivity contribution >= 4 is 23.2 Å². The van der Waals surface area contributed by atoms with Crippen LogP contribution in [0.2, 0.25) is 10.6 Å². The summed E-state index contributed by atoms with van der Waals surface area (Å²) in [5.74, 6) is 0. The molecule has 0 aliphatic heterocycles. The maximum absolute atomic E-state index is 5.27. The zero-order valence-corrected chi connectivity index (χ0v) is 8.53. The summed E-state index contributed by atoms with van der Waals surface area (Å²) in [5.41, 5.74) is 0. The number of halogens is 2. The normalized spacial score (nSPS) is 8.22. The van der Waals surface area contributed by atoms with Crippen LogP contribution in [0.3, 0.4) is 0 Å². The van der Waals surface area contributed by atoms with E-state index in [1.54, 1.807) is 0 Å². The van der Waals surface area contributed by atoms with Crippen molar-refractivity contribution in [1.82, 2.24) is 15.0 Å². The van der Waals surface area contributed by atoms with Crippen molar-refractivity contribution in [2.24, 2.45) is 0 Å². The van der Waals surface area contributed by atoms with Gasteiger partial charge in [-0.2, -0.15) is 0 Å². The van der Waals surface area contributed by atoms with E-state index < -0.39 is 0 Å². The summed E-state index contributed by atoms with van der Waals surface area (Å²) >= 11 is 10.5. The fourth-order valence-corrected chi connectivity index (χ4v) is 0.513. The quantitative estimate of drug-likeness (QED) is 0.632.